The average Bonchev–Trinajstić information content (AvgIpc) is 2.72. The molecule has 0 radical (unpaired) electrons. The molecule has 0 bridgehead atoms. The number of hydrogen-bond acceptors (Lipinski definition) is 5. The zero-order valence-corrected chi connectivity index (χ0v) is 9.37. The van der Waals surface area contributed by atoms with Crippen molar-refractivity contribution in [2.45, 2.75) is 11.0 Å². The maximum absolute atomic E-state index is 12.0. The van der Waals surface area contributed by atoms with Crippen LogP contribution in [0.5, 0.6) is 0 Å². The molecule has 2 aromatic heterocycles. The Kier molecular flexibility index (Phi) is 3.22. The van der Waals surface area contributed by atoms with Crippen molar-refractivity contribution in [2.24, 2.45) is 0 Å². The van der Waals surface area contributed by atoms with Crippen LogP contribution in [0.4, 0.5) is 8.78 Å². The monoisotopic (exact) mass is 268 g/mol. The SMILES string of the molecule is FC(F)Sc1nnc(-c2sccc2Cl)o1. The second-order valence-corrected chi connectivity index (χ2v) is 4.61. The van der Waals surface area contributed by atoms with Gasteiger partial charge in [0.2, 0.25) is 0 Å². The number of nitrogens with zero attached hydrogens (tertiary/aromatic N) is 2. The summed E-state index contributed by atoms with van der Waals surface area (Å²) in [4.78, 5) is 0.588. The van der Waals surface area contributed by atoms with Crippen molar-refractivity contribution in [2.75, 3.05) is 0 Å². The summed E-state index contributed by atoms with van der Waals surface area (Å²) in [5.74, 6) is -2.41. The van der Waals surface area contributed by atoms with Crippen LogP contribution in [0.3, 0.4) is 0 Å². The van der Waals surface area contributed by atoms with E-state index in [0.29, 0.717) is 9.90 Å². The first-order valence-corrected chi connectivity index (χ1v) is 5.82. The Morgan fingerprint density at radius 2 is 2.27 bits per heavy atom. The maximum Gasteiger partial charge on any atom is 0.293 e. The highest BCUT2D eigenvalue weighted by molar-refractivity contribution is 7.99. The van der Waals surface area contributed by atoms with Gasteiger partial charge in [-0.25, -0.2) is 0 Å². The lowest BCUT2D eigenvalue weighted by molar-refractivity contribution is 0.249. The third-order valence-corrected chi connectivity index (χ3v) is 3.28. The van der Waals surface area contributed by atoms with Crippen molar-refractivity contribution in [3.05, 3.63) is 16.5 Å². The molecule has 3 nitrogen and oxygen atoms in total. The van der Waals surface area contributed by atoms with Gasteiger partial charge in [-0.2, -0.15) is 8.78 Å². The lowest BCUT2D eigenvalue weighted by atomic mass is 10.5. The van der Waals surface area contributed by atoms with Crippen LogP contribution >= 0.6 is 34.7 Å². The Morgan fingerprint density at radius 1 is 1.47 bits per heavy atom. The summed E-state index contributed by atoms with van der Waals surface area (Å²) in [5.41, 5.74) is 0. The molecule has 2 aromatic rings. The van der Waals surface area contributed by atoms with Gasteiger partial charge in [-0.1, -0.05) is 11.6 Å². The molecule has 8 heteroatoms. The molecule has 0 saturated heterocycles. The second-order valence-electron chi connectivity index (χ2n) is 2.35. The fourth-order valence-corrected chi connectivity index (χ4v) is 2.30. The molecule has 0 N–H and O–H groups in total. The minimum atomic E-state index is -2.57. The molecular formula is C7H3ClF2N2OS2. The first-order chi connectivity index (χ1) is 7.16. The van der Waals surface area contributed by atoms with E-state index >= 15 is 0 Å². The number of alkyl halides is 2. The average molecular weight is 269 g/mol. The number of hydrogen-bond donors (Lipinski definition) is 0. The molecule has 15 heavy (non-hydrogen) atoms. The van der Waals surface area contributed by atoms with E-state index in [0.717, 1.165) is 0 Å². The first-order valence-electron chi connectivity index (χ1n) is 3.68. The highest BCUT2D eigenvalue weighted by Crippen LogP contribution is 2.34. The van der Waals surface area contributed by atoms with E-state index in [1.165, 1.54) is 11.3 Å². The van der Waals surface area contributed by atoms with Crippen molar-refractivity contribution in [1.82, 2.24) is 10.2 Å². The van der Waals surface area contributed by atoms with Crippen LogP contribution in [-0.2, 0) is 0 Å². The maximum atomic E-state index is 12.0. The summed E-state index contributed by atoms with van der Waals surface area (Å²) in [6, 6.07) is 1.67. The fourth-order valence-electron chi connectivity index (χ4n) is 0.872. The van der Waals surface area contributed by atoms with Crippen LogP contribution in [0.15, 0.2) is 21.1 Å². The van der Waals surface area contributed by atoms with E-state index < -0.39 is 5.76 Å². The molecule has 0 amide bonds. The minimum Gasteiger partial charge on any atom is -0.410 e. The van der Waals surface area contributed by atoms with Crippen LogP contribution in [0.25, 0.3) is 10.8 Å². The van der Waals surface area contributed by atoms with Crippen molar-refractivity contribution in [3.63, 3.8) is 0 Å². The van der Waals surface area contributed by atoms with E-state index in [9.17, 15) is 8.78 Å². The van der Waals surface area contributed by atoms with Gasteiger partial charge in [0.25, 0.3) is 16.9 Å². The zero-order chi connectivity index (χ0) is 10.8. The van der Waals surface area contributed by atoms with Crippen LogP contribution in [-0.4, -0.2) is 16.0 Å². The van der Waals surface area contributed by atoms with E-state index in [4.69, 9.17) is 16.0 Å². The Balaban J connectivity index is 2.24. The summed E-state index contributed by atoms with van der Waals surface area (Å²) >= 11 is 7.34. The third-order valence-electron chi connectivity index (χ3n) is 1.41. The number of thioether (sulfide) groups is 1. The van der Waals surface area contributed by atoms with Gasteiger partial charge in [-0.05, 0) is 11.4 Å². The van der Waals surface area contributed by atoms with E-state index in [2.05, 4.69) is 10.2 Å². The van der Waals surface area contributed by atoms with Crippen LogP contribution in [0, 0.1) is 0 Å². The van der Waals surface area contributed by atoms with Crippen LogP contribution in [0.2, 0.25) is 5.02 Å². The van der Waals surface area contributed by atoms with Crippen molar-refractivity contribution >= 4 is 34.7 Å². The molecule has 0 saturated carbocycles. The van der Waals surface area contributed by atoms with Gasteiger partial charge in [0.05, 0.1) is 5.02 Å². The highest BCUT2D eigenvalue weighted by Gasteiger charge is 2.16. The van der Waals surface area contributed by atoms with Gasteiger partial charge < -0.3 is 4.42 Å². The van der Waals surface area contributed by atoms with Gasteiger partial charge in [-0.3, -0.25) is 0 Å². The summed E-state index contributed by atoms with van der Waals surface area (Å²) in [5, 5.41) is 9.15. The molecule has 0 unspecified atom stereocenters. The molecule has 0 aliphatic carbocycles. The molecule has 0 fully saturated rings. The second kappa shape index (κ2) is 4.46. The van der Waals surface area contributed by atoms with Gasteiger partial charge >= 0.3 is 0 Å². The van der Waals surface area contributed by atoms with Crippen molar-refractivity contribution in [1.29, 1.82) is 0 Å². The molecule has 0 spiro atoms. The highest BCUT2D eigenvalue weighted by atomic mass is 35.5. The summed E-state index contributed by atoms with van der Waals surface area (Å²) < 4.78 is 28.9. The normalized spacial score (nSPS) is 11.2. The number of rotatable bonds is 3. The molecule has 2 heterocycles. The molecule has 0 atom stereocenters. The van der Waals surface area contributed by atoms with Gasteiger partial charge in [0, 0.05) is 11.8 Å². The summed E-state index contributed by atoms with van der Waals surface area (Å²) in [6.45, 7) is 0. The molecular weight excluding hydrogens is 266 g/mol. The van der Waals surface area contributed by atoms with E-state index in [-0.39, 0.29) is 22.9 Å². The van der Waals surface area contributed by atoms with Crippen LogP contribution < -0.4 is 0 Å². The van der Waals surface area contributed by atoms with Gasteiger partial charge in [-0.15, -0.1) is 21.5 Å². The Labute approximate surface area is 96.5 Å². The molecule has 0 aliphatic heterocycles. The number of aromatic nitrogens is 2. The number of halogens is 3. The Hall–Kier alpha value is -0.660. The predicted octanol–water partition coefficient (Wildman–Crippen LogP) is 3.77. The number of thiophene rings is 1. The quantitative estimate of drug-likeness (QED) is 0.795. The molecule has 0 aliphatic rings. The molecule has 80 valence electrons. The summed E-state index contributed by atoms with van der Waals surface area (Å²) in [7, 11) is 0. The third kappa shape index (κ3) is 2.47. The van der Waals surface area contributed by atoms with Crippen molar-refractivity contribution < 1.29 is 13.2 Å². The van der Waals surface area contributed by atoms with Crippen molar-refractivity contribution in [3.8, 4) is 10.8 Å². The van der Waals surface area contributed by atoms with E-state index in [1.54, 1.807) is 11.4 Å². The Bertz CT molecular complexity index is 459. The smallest absolute Gasteiger partial charge is 0.293 e. The topological polar surface area (TPSA) is 38.9 Å². The molecule has 0 aromatic carbocycles. The lowest BCUT2D eigenvalue weighted by Crippen LogP contribution is -1.80. The van der Waals surface area contributed by atoms with Gasteiger partial charge in [0.15, 0.2) is 0 Å². The Morgan fingerprint density at radius 3 is 2.87 bits per heavy atom. The standard InChI is InChI=1S/C7H3ClF2N2OS2/c8-3-1-2-14-4(3)5-11-12-7(13-5)15-6(9)10/h1-2,6H. The predicted molar refractivity (Wildman–Crippen MR) is 54.5 cm³/mol. The lowest BCUT2D eigenvalue weighted by Gasteiger charge is -1.90. The van der Waals surface area contributed by atoms with Gasteiger partial charge in [0.1, 0.15) is 4.88 Å². The molecule has 2 rings (SSSR count). The largest absolute Gasteiger partial charge is 0.410 e. The summed E-state index contributed by atoms with van der Waals surface area (Å²) in [6.07, 6.45) is 0. The van der Waals surface area contributed by atoms with E-state index in [1.807, 2.05) is 0 Å². The first kappa shape index (κ1) is 10.8. The minimum absolute atomic E-state index is 0.163. The zero-order valence-electron chi connectivity index (χ0n) is 6.99. The fraction of sp³-hybridized carbons (Fsp3) is 0.143. The van der Waals surface area contributed by atoms with Crippen LogP contribution in [0.1, 0.15) is 0 Å².